The van der Waals surface area contributed by atoms with Gasteiger partial charge in [-0.05, 0) is 77.7 Å². The number of piperidine rings is 1. The highest BCUT2D eigenvalue weighted by Gasteiger charge is 2.47. The van der Waals surface area contributed by atoms with Gasteiger partial charge >= 0.3 is 0 Å². The quantitative estimate of drug-likeness (QED) is 0.384. The molecular formula is C28H30BrN5O2. The highest BCUT2D eigenvalue weighted by atomic mass is 79.9. The van der Waals surface area contributed by atoms with Crippen LogP contribution in [0.2, 0.25) is 0 Å². The molecule has 4 aromatic rings. The first-order valence-electron chi connectivity index (χ1n) is 12.8. The van der Waals surface area contributed by atoms with Gasteiger partial charge in [0.2, 0.25) is 0 Å². The van der Waals surface area contributed by atoms with Crippen molar-refractivity contribution < 1.29 is 9.53 Å². The summed E-state index contributed by atoms with van der Waals surface area (Å²) >= 11 is 3.78. The number of imidazole rings is 1. The fourth-order valence-electron chi connectivity index (χ4n) is 6.48. The number of nitrogens with zero attached hydrogens (tertiary/aromatic N) is 4. The van der Waals surface area contributed by atoms with Crippen LogP contribution in [0.4, 0.5) is 0 Å². The van der Waals surface area contributed by atoms with Gasteiger partial charge in [0.1, 0.15) is 11.3 Å². The minimum atomic E-state index is 0.0248. The molecule has 36 heavy (non-hydrogen) atoms. The van der Waals surface area contributed by atoms with Crippen molar-refractivity contribution >= 4 is 43.8 Å². The van der Waals surface area contributed by atoms with Gasteiger partial charge in [0.25, 0.3) is 5.91 Å². The maximum atomic E-state index is 13.6. The van der Waals surface area contributed by atoms with Crippen molar-refractivity contribution in [1.82, 2.24) is 19.0 Å². The Bertz CT molecular complexity index is 1530. The van der Waals surface area contributed by atoms with Crippen LogP contribution in [0.15, 0.2) is 40.9 Å². The summed E-state index contributed by atoms with van der Waals surface area (Å²) in [4.78, 5) is 20.6. The monoisotopic (exact) mass is 547 g/mol. The zero-order valence-corrected chi connectivity index (χ0v) is 22.2. The van der Waals surface area contributed by atoms with Gasteiger partial charge in [-0.3, -0.25) is 4.79 Å². The molecule has 1 unspecified atom stereocenters. The molecule has 1 amide bonds. The van der Waals surface area contributed by atoms with Crippen LogP contribution >= 0.6 is 15.9 Å². The van der Waals surface area contributed by atoms with E-state index in [1.807, 2.05) is 24.1 Å². The van der Waals surface area contributed by atoms with Crippen LogP contribution in [0.5, 0.6) is 5.75 Å². The number of carbonyl (C=O) groups is 1. The number of para-hydroxylation sites is 1. The van der Waals surface area contributed by atoms with Crippen molar-refractivity contribution in [3.05, 3.63) is 46.4 Å². The average Bonchev–Trinajstić information content (AvgIpc) is 3.26. The molecule has 2 bridgehead atoms. The van der Waals surface area contributed by atoms with E-state index in [0.717, 1.165) is 53.0 Å². The third-order valence-electron chi connectivity index (χ3n) is 8.55. The van der Waals surface area contributed by atoms with E-state index in [2.05, 4.69) is 49.3 Å². The second-order valence-electron chi connectivity index (χ2n) is 10.7. The molecule has 8 heteroatoms. The minimum Gasteiger partial charge on any atom is -0.494 e. The van der Waals surface area contributed by atoms with E-state index in [4.69, 9.17) is 15.5 Å². The Balaban J connectivity index is 1.36. The van der Waals surface area contributed by atoms with Gasteiger partial charge in [0, 0.05) is 47.6 Å². The maximum Gasteiger partial charge on any atom is 0.254 e. The summed E-state index contributed by atoms with van der Waals surface area (Å²) in [5.41, 5.74) is 10.9. The number of hydrogen-bond donors (Lipinski definition) is 1. The number of rotatable bonds is 5. The first-order valence-corrected chi connectivity index (χ1v) is 13.6. The van der Waals surface area contributed by atoms with Gasteiger partial charge in [0.15, 0.2) is 5.82 Å². The molecule has 1 saturated heterocycles. The molecule has 2 saturated carbocycles. The zero-order valence-electron chi connectivity index (χ0n) is 20.6. The molecule has 3 fully saturated rings. The van der Waals surface area contributed by atoms with Crippen LogP contribution in [-0.2, 0) is 13.6 Å². The van der Waals surface area contributed by atoms with Crippen molar-refractivity contribution in [2.24, 2.45) is 24.6 Å². The highest BCUT2D eigenvalue weighted by Crippen LogP contribution is 2.41. The first-order chi connectivity index (χ1) is 17.4. The summed E-state index contributed by atoms with van der Waals surface area (Å²) in [5, 5.41) is 1.19. The Labute approximate surface area is 218 Å². The zero-order chi connectivity index (χ0) is 24.7. The standard InChI is InChI=1S/C28H30BrN5O2/c1-32-26-20(10-18(12-23(26)36-2)28(35)34-14-17-8-9-21(34)24(17)30)31-27(32)22-11-16-4-3-5-19(29)25(16)33(22)13-15-6-7-15/h3-5,10-12,15,17,21,24H,6-9,13-14,30H2,1-2H3/t17-,21-,24?/m1/s1. The average molecular weight is 548 g/mol. The molecule has 3 atom stereocenters. The summed E-state index contributed by atoms with van der Waals surface area (Å²) < 4.78 is 11.4. The van der Waals surface area contributed by atoms with E-state index in [1.54, 1.807) is 7.11 Å². The Kier molecular flexibility index (Phi) is 5.02. The number of ether oxygens (including phenoxy) is 1. The topological polar surface area (TPSA) is 78.3 Å². The lowest BCUT2D eigenvalue weighted by molar-refractivity contribution is 0.0700. The summed E-state index contributed by atoms with van der Waals surface area (Å²) in [6.07, 6.45) is 4.65. The number of hydrogen-bond acceptors (Lipinski definition) is 4. The molecule has 186 valence electrons. The van der Waals surface area contributed by atoms with E-state index >= 15 is 0 Å². The molecule has 3 aliphatic rings. The lowest BCUT2D eigenvalue weighted by atomic mass is 10.1. The normalized spacial score (nSPS) is 23.3. The lowest BCUT2D eigenvalue weighted by Gasteiger charge is -2.27. The Hall–Kier alpha value is -2.84. The van der Waals surface area contributed by atoms with E-state index in [1.165, 1.54) is 23.7 Å². The van der Waals surface area contributed by atoms with Crippen LogP contribution < -0.4 is 10.5 Å². The van der Waals surface area contributed by atoms with Gasteiger partial charge in [-0.1, -0.05) is 12.1 Å². The molecule has 7 rings (SSSR count). The number of benzene rings is 2. The highest BCUT2D eigenvalue weighted by molar-refractivity contribution is 9.10. The first kappa shape index (κ1) is 22.4. The van der Waals surface area contributed by atoms with Crippen molar-refractivity contribution in [2.75, 3.05) is 13.7 Å². The summed E-state index contributed by atoms with van der Waals surface area (Å²) in [6.45, 7) is 1.72. The Morgan fingerprint density at radius 1 is 1.17 bits per heavy atom. The van der Waals surface area contributed by atoms with Crippen molar-refractivity contribution in [3.63, 3.8) is 0 Å². The molecule has 7 nitrogen and oxygen atoms in total. The van der Waals surface area contributed by atoms with Crippen LogP contribution in [0.25, 0.3) is 33.5 Å². The third-order valence-corrected chi connectivity index (χ3v) is 9.19. The molecule has 2 aromatic heterocycles. The third kappa shape index (κ3) is 3.27. The number of likely N-dealkylation sites (tertiary alicyclic amines) is 1. The van der Waals surface area contributed by atoms with Crippen LogP contribution in [-0.4, -0.2) is 50.7 Å². The molecule has 1 aliphatic heterocycles. The largest absolute Gasteiger partial charge is 0.494 e. The van der Waals surface area contributed by atoms with E-state index in [0.29, 0.717) is 23.1 Å². The van der Waals surface area contributed by atoms with Crippen LogP contribution in [0.1, 0.15) is 36.0 Å². The van der Waals surface area contributed by atoms with Crippen LogP contribution in [0, 0.1) is 11.8 Å². The van der Waals surface area contributed by atoms with Gasteiger partial charge in [-0.25, -0.2) is 4.98 Å². The number of methoxy groups -OCH3 is 1. The van der Waals surface area contributed by atoms with Gasteiger partial charge in [-0.2, -0.15) is 0 Å². The SMILES string of the molecule is COc1cc(C(=O)N2C[C@H]3CC[C@@H]2C3N)cc2nc(-c3cc4cccc(Br)c4n3CC3CC3)n(C)c12. The number of amides is 1. The predicted molar refractivity (Wildman–Crippen MR) is 144 cm³/mol. The van der Waals surface area contributed by atoms with Gasteiger partial charge in [-0.15, -0.1) is 0 Å². The van der Waals surface area contributed by atoms with Crippen LogP contribution in [0.3, 0.4) is 0 Å². The Morgan fingerprint density at radius 3 is 2.69 bits per heavy atom. The number of aryl methyl sites for hydroxylation is 1. The number of halogens is 1. The number of nitrogens with two attached hydrogens (primary N) is 1. The molecule has 2 aliphatic carbocycles. The van der Waals surface area contributed by atoms with Gasteiger partial charge in [0.05, 0.1) is 23.8 Å². The Morgan fingerprint density at radius 2 is 2.00 bits per heavy atom. The van der Waals surface area contributed by atoms with Gasteiger partial charge < -0.3 is 24.5 Å². The fourth-order valence-corrected chi connectivity index (χ4v) is 7.07. The predicted octanol–water partition coefficient (Wildman–Crippen LogP) is 4.94. The molecule has 2 aromatic carbocycles. The number of fused-ring (bicyclic) bond motifs is 4. The second-order valence-corrected chi connectivity index (χ2v) is 11.6. The summed E-state index contributed by atoms with van der Waals surface area (Å²) in [6, 6.07) is 12.6. The lowest BCUT2D eigenvalue weighted by Crippen LogP contribution is -2.41. The van der Waals surface area contributed by atoms with Crippen molar-refractivity contribution in [2.45, 2.75) is 44.3 Å². The number of aromatic nitrogens is 3. The molecule has 3 heterocycles. The molecule has 0 radical (unpaired) electrons. The molecule has 0 spiro atoms. The molecular weight excluding hydrogens is 518 g/mol. The molecule has 2 N–H and O–H groups in total. The summed E-state index contributed by atoms with van der Waals surface area (Å²) in [5.74, 6) is 2.69. The second kappa shape index (κ2) is 8.08. The minimum absolute atomic E-state index is 0.0248. The number of carbonyl (C=O) groups excluding carboxylic acids is 1. The van der Waals surface area contributed by atoms with Crippen molar-refractivity contribution in [3.8, 4) is 17.3 Å². The van der Waals surface area contributed by atoms with E-state index < -0.39 is 0 Å². The van der Waals surface area contributed by atoms with E-state index in [9.17, 15) is 4.79 Å². The van der Waals surface area contributed by atoms with E-state index in [-0.39, 0.29) is 18.0 Å². The smallest absolute Gasteiger partial charge is 0.254 e. The fraction of sp³-hybridized carbons (Fsp3) is 0.429. The summed E-state index contributed by atoms with van der Waals surface area (Å²) in [7, 11) is 3.69. The van der Waals surface area contributed by atoms with Crippen molar-refractivity contribution in [1.29, 1.82) is 0 Å². The maximum absolute atomic E-state index is 13.6.